The van der Waals surface area contributed by atoms with Crippen molar-refractivity contribution in [2.75, 3.05) is 18.1 Å². The van der Waals surface area contributed by atoms with Crippen LogP contribution in [0.4, 0.5) is 0 Å². The van der Waals surface area contributed by atoms with Gasteiger partial charge in [-0.15, -0.1) is 0 Å². The first-order valence-corrected chi connectivity index (χ1v) is 6.78. The Balaban J connectivity index is 3.81. The highest BCUT2D eigenvalue weighted by molar-refractivity contribution is 7.99. The molecule has 0 bridgehead atoms. The lowest BCUT2D eigenvalue weighted by Crippen LogP contribution is -2.49. The summed E-state index contributed by atoms with van der Waals surface area (Å²) in [7, 11) is 0. The number of carboxylic acid groups (broad SMARTS) is 1. The third-order valence-electron chi connectivity index (χ3n) is 2.46. The Morgan fingerprint density at radius 2 is 2.07 bits per heavy atom. The first kappa shape index (κ1) is 14.8. The number of aliphatic carboxylic acids is 1. The molecule has 0 saturated heterocycles. The van der Waals surface area contributed by atoms with Gasteiger partial charge in [-0.2, -0.15) is 11.8 Å². The summed E-state index contributed by atoms with van der Waals surface area (Å²) in [6.45, 7) is 6.55. The molecular formula is C11H23NO2S. The maximum absolute atomic E-state index is 11.1. The van der Waals surface area contributed by atoms with E-state index in [2.05, 4.69) is 12.2 Å². The molecule has 0 aliphatic carbocycles. The number of carboxylic acids is 1. The SMILES string of the molecule is CCNC(C)(CCCCSCC)C(=O)O. The molecule has 90 valence electrons. The molecule has 0 amide bonds. The van der Waals surface area contributed by atoms with E-state index in [0.29, 0.717) is 13.0 Å². The lowest BCUT2D eigenvalue weighted by molar-refractivity contribution is -0.144. The van der Waals surface area contributed by atoms with Gasteiger partial charge >= 0.3 is 5.97 Å². The number of hydrogen-bond acceptors (Lipinski definition) is 3. The first-order valence-electron chi connectivity index (χ1n) is 5.63. The zero-order valence-corrected chi connectivity index (χ0v) is 10.8. The lowest BCUT2D eigenvalue weighted by atomic mass is 9.95. The number of thioether (sulfide) groups is 1. The highest BCUT2D eigenvalue weighted by atomic mass is 32.2. The summed E-state index contributed by atoms with van der Waals surface area (Å²) < 4.78 is 0. The monoisotopic (exact) mass is 233 g/mol. The molecule has 0 aromatic heterocycles. The zero-order valence-electron chi connectivity index (χ0n) is 10.0. The van der Waals surface area contributed by atoms with Crippen LogP contribution in [0.25, 0.3) is 0 Å². The zero-order chi connectivity index (χ0) is 11.7. The van der Waals surface area contributed by atoms with Crippen molar-refractivity contribution in [1.82, 2.24) is 5.32 Å². The predicted octanol–water partition coefficient (Wildman–Crippen LogP) is 2.36. The van der Waals surface area contributed by atoms with Gasteiger partial charge in [0.15, 0.2) is 0 Å². The van der Waals surface area contributed by atoms with Crippen molar-refractivity contribution >= 4 is 17.7 Å². The van der Waals surface area contributed by atoms with Gasteiger partial charge in [0, 0.05) is 0 Å². The average molecular weight is 233 g/mol. The van der Waals surface area contributed by atoms with Gasteiger partial charge in [-0.1, -0.05) is 20.3 Å². The van der Waals surface area contributed by atoms with Crippen molar-refractivity contribution in [2.24, 2.45) is 0 Å². The molecule has 3 nitrogen and oxygen atoms in total. The quantitative estimate of drug-likeness (QED) is 0.600. The van der Waals surface area contributed by atoms with Crippen molar-refractivity contribution < 1.29 is 9.90 Å². The molecule has 0 rings (SSSR count). The van der Waals surface area contributed by atoms with Crippen molar-refractivity contribution in [3.05, 3.63) is 0 Å². The molecule has 0 aromatic rings. The van der Waals surface area contributed by atoms with Crippen LogP contribution in [0.5, 0.6) is 0 Å². The lowest BCUT2D eigenvalue weighted by Gasteiger charge is -2.25. The van der Waals surface area contributed by atoms with Gasteiger partial charge in [0.25, 0.3) is 0 Å². The van der Waals surface area contributed by atoms with E-state index in [1.807, 2.05) is 18.7 Å². The van der Waals surface area contributed by atoms with Gasteiger partial charge in [-0.05, 0) is 37.8 Å². The Bertz CT molecular complexity index is 187. The molecule has 0 radical (unpaired) electrons. The average Bonchev–Trinajstić information content (AvgIpc) is 2.18. The number of nitrogens with one attached hydrogen (secondary N) is 1. The van der Waals surface area contributed by atoms with Crippen LogP contribution in [0, 0.1) is 0 Å². The van der Waals surface area contributed by atoms with E-state index in [9.17, 15) is 4.79 Å². The van der Waals surface area contributed by atoms with Gasteiger partial charge in [0.05, 0.1) is 0 Å². The number of hydrogen-bond donors (Lipinski definition) is 2. The maximum atomic E-state index is 11.1. The Labute approximate surface area is 97.0 Å². The maximum Gasteiger partial charge on any atom is 0.323 e. The Morgan fingerprint density at radius 1 is 1.40 bits per heavy atom. The second-order valence-corrected chi connectivity index (χ2v) is 5.22. The summed E-state index contributed by atoms with van der Waals surface area (Å²) in [5.41, 5.74) is -0.744. The fraction of sp³-hybridized carbons (Fsp3) is 0.909. The van der Waals surface area contributed by atoms with Crippen molar-refractivity contribution in [3.8, 4) is 0 Å². The summed E-state index contributed by atoms with van der Waals surface area (Å²) in [6.07, 6.45) is 2.79. The van der Waals surface area contributed by atoms with Gasteiger partial charge < -0.3 is 10.4 Å². The van der Waals surface area contributed by atoms with E-state index in [-0.39, 0.29) is 0 Å². The van der Waals surface area contributed by atoms with Crippen molar-refractivity contribution in [3.63, 3.8) is 0 Å². The molecule has 0 spiro atoms. The smallest absolute Gasteiger partial charge is 0.323 e. The molecule has 0 saturated carbocycles. The molecule has 1 unspecified atom stereocenters. The van der Waals surface area contributed by atoms with Crippen LogP contribution >= 0.6 is 11.8 Å². The van der Waals surface area contributed by atoms with E-state index in [1.54, 1.807) is 6.92 Å². The fourth-order valence-corrected chi connectivity index (χ4v) is 2.19. The molecule has 0 aliphatic rings. The summed E-state index contributed by atoms with van der Waals surface area (Å²) in [4.78, 5) is 11.1. The van der Waals surface area contributed by atoms with Crippen LogP contribution in [-0.4, -0.2) is 34.7 Å². The normalized spacial score (nSPS) is 14.9. The first-order chi connectivity index (χ1) is 7.06. The summed E-state index contributed by atoms with van der Waals surface area (Å²) in [5.74, 6) is 1.54. The number of rotatable bonds is 9. The molecule has 0 fully saturated rings. The largest absolute Gasteiger partial charge is 0.480 e. The van der Waals surface area contributed by atoms with Crippen LogP contribution in [0.1, 0.15) is 40.0 Å². The van der Waals surface area contributed by atoms with E-state index in [4.69, 9.17) is 5.11 Å². The highest BCUT2D eigenvalue weighted by Gasteiger charge is 2.30. The topological polar surface area (TPSA) is 49.3 Å². The van der Waals surface area contributed by atoms with Crippen LogP contribution in [0.15, 0.2) is 0 Å². The second-order valence-electron chi connectivity index (χ2n) is 3.82. The standard InChI is InChI=1S/C11H23NO2S/c1-4-12-11(3,10(13)14)8-6-7-9-15-5-2/h12H,4-9H2,1-3H3,(H,13,14). The third-order valence-corrected chi connectivity index (χ3v) is 3.44. The van der Waals surface area contributed by atoms with E-state index in [1.165, 1.54) is 0 Å². The number of likely N-dealkylation sites (N-methyl/N-ethyl adjacent to an activating group) is 1. The summed E-state index contributed by atoms with van der Waals surface area (Å²) in [6, 6.07) is 0. The molecule has 2 N–H and O–H groups in total. The van der Waals surface area contributed by atoms with Crippen LogP contribution < -0.4 is 5.32 Å². The molecule has 15 heavy (non-hydrogen) atoms. The molecule has 0 aliphatic heterocycles. The summed E-state index contributed by atoms with van der Waals surface area (Å²) >= 11 is 1.91. The van der Waals surface area contributed by atoms with Crippen molar-refractivity contribution in [2.45, 2.75) is 45.6 Å². The van der Waals surface area contributed by atoms with Gasteiger partial charge in [0.2, 0.25) is 0 Å². The molecule has 0 aromatic carbocycles. The van der Waals surface area contributed by atoms with Crippen LogP contribution in [0.2, 0.25) is 0 Å². The molecule has 4 heteroatoms. The van der Waals surface area contributed by atoms with Gasteiger partial charge in [-0.3, -0.25) is 4.79 Å². The minimum absolute atomic E-state index is 0.701. The Kier molecular flexibility index (Phi) is 7.88. The van der Waals surface area contributed by atoms with Crippen LogP contribution in [-0.2, 0) is 4.79 Å². The summed E-state index contributed by atoms with van der Waals surface area (Å²) in [5, 5.41) is 12.1. The van der Waals surface area contributed by atoms with Gasteiger partial charge in [0.1, 0.15) is 5.54 Å². The van der Waals surface area contributed by atoms with E-state index in [0.717, 1.165) is 24.3 Å². The van der Waals surface area contributed by atoms with E-state index >= 15 is 0 Å². The minimum atomic E-state index is -0.744. The van der Waals surface area contributed by atoms with Crippen LogP contribution in [0.3, 0.4) is 0 Å². The van der Waals surface area contributed by atoms with Gasteiger partial charge in [-0.25, -0.2) is 0 Å². The molecule has 0 heterocycles. The fourth-order valence-electron chi connectivity index (χ4n) is 1.49. The van der Waals surface area contributed by atoms with E-state index < -0.39 is 11.5 Å². The highest BCUT2D eigenvalue weighted by Crippen LogP contribution is 2.15. The second kappa shape index (κ2) is 7.99. The Morgan fingerprint density at radius 3 is 2.53 bits per heavy atom. The molecule has 1 atom stereocenters. The minimum Gasteiger partial charge on any atom is -0.480 e. The number of carbonyl (C=O) groups is 1. The molecular weight excluding hydrogens is 210 g/mol. The van der Waals surface area contributed by atoms with Crippen molar-refractivity contribution in [1.29, 1.82) is 0 Å². The predicted molar refractivity (Wildman–Crippen MR) is 66.6 cm³/mol. The third kappa shape index (κ3) is 6.05. The number of unbranched alkanes of at least 4 members (excludes halogenated alkanes) is 1. The Hall–Kier alpha value is -0.220.